The fraction of sp³-hybridized carbons (Fsp3) is 1.00. The zero-order chi connectivity index (χ0) is 14.7. The highest BCUT2D eigenvalue weighted by Gasteiger charge is 2.61. The van der Waals surface area contributed by atoms with Crippen molar-refractivity contribution in [1.29, 1.82) is 0 Å². The van der Waals surface area contributed by atoms with Gasteiger partial charge in [0, 0.05) is 17.3 Å². The SMILES string of the molecule is CCC(C)(C)C(O)ON1C(O)C2C3CCC(C3)C2C1O. The van der Waals surface area contributed by atoms with Crippen LogP contribution in [0.3, 0.4) is 0 Å². The molecule has 1 saturated heterocycles. The summed E-state index contributed by atoms with van der Waals surface area (Å²) in [6.45, 7) is 5.81. The zero-order valence-corrected chi connectivity index (χ0v) is 12.6. The molecule has 7 atom stereocenters. The van der Waals surface area contributed by atoms with E-state index < -0.39 is 24.2 Å². The van der Waals surface area contributed by atoms with Gasteiger partial charge in [0.1, 0.15) is 12.5 Å². The summed E-state index contributed by atoms with van der Waals surface area (Å²) in [6, 6.07) is 0. The summed E-state index contributed by atoms with van der Waals surface area (Å²) in [5.41, 5.74) is -0.407. The summed E-state index contributed by atoms with van der Waals surface area (Å²) in [5, 5.41) is 32.4. The van der Waals surface area contributed by atoms with E-state index in [1.807, 2.05) is 20.8 Å². The quantitative estimate of drug-likeness (QED) is 0.679. The smallest absolute Gasteiger partial charge is 0.180 e. The number of fused-ring (bicyclic) bond motifs is 5. The first-order valence-electron chi connectivity index (χ1n) is 7.86. The van der Waals surface area contributed by atoms with E-state index in [0.29, 0.717) is 11.8 Å². The lowest BCUT2D eigenvalue weighted by atomic mass is 9.80. The maximum absolute atomic E-state index is 10.5. The molecule has 3 rings (SSSR count). The number of hydroxylamine groups is 2. The van der Waals surface area contributed by atoms with Crippen LogP contribution in [-0.2, 0) is 4.84 Å². The molecule has 2 saturated carbocycles. The van der Waals surface area contributed by atoms with Gasteiger partial charge in [-0.05, 0) is 37.5 Å². The molecule has 1 aliphatic heterocycles. The van der Waals surface area contributed by atoms with E-state index in [4.69, 9.17) is 4.84 Å². The third-order valence-corrected chi connectivity index (χ3v) is 6.06. The molecule has 0 amide bonds. The Bertz CT molecular complexity index is 353. The maximum atomic E-state index is 10.5. The second kappa shape index (κ2) is 4.92. The van der Waals surface area contributed by atoms with Crippen molar-refractivity contribution in [3.63, 3.8) is 0 Å². The number of aliphatic hydroxyl groups excluding tert-OH is 3. The largest absolute Gasteiger partial charge is 0.376 e. The van der Waals surface area contributed by atoms with Gasteiger partial charge < -0.3 is 15.3 Å². The Hall–Kier alpha value is -0.200. The van der Waals surface area contributed by atoms with Gasteiger partial charge in [0.2, 0.25) is 0 Å². The summed E-state index contributed by atoms with van der Waals surface area (Å²) < 4.78 is 0. The topological polar surface area (TPSA) is 73.2 Å². The van der Waals surface area contributed by atoms with Crippen LogP contribution >= 0.6 is 0 Å². The van der Waals surface area contributed by atoms with Crippen molar-refractivity contribution < 1.29 is 20.2 Å². The monoisotopic (exact) mass is 285 g/mol. The lowest BCUT2D eigenvalue weighted by molar-refractivity contribution is -0.364. The van der Waals surface area contributed by atoms with E-state index >= 15 is 0 Å². The molecule has 1 heterocycles. The first-order chi connectivity index (χ1) is 9.36. The predicted molar refractivity (Wildman–Crippen MR) is 72.8 cm³/mol. The summed E-state index contributed by atoms with van der Waals surface area (Å²) in [7, 11) is 0. The van der Waals surface area contributed by atoms with Crippen molar-refractivity contribution in [2.75, 3.05) is 0 Å². The van der Waals surface area contributed by atoms with Crippen molar-refractivity contribution in [1.82, 2.24) is 5.06 Å². The van der Waals surface area contributed by atoms with Crippen LogP contribution in [0.4, 0.5) is 0 Å². The Morgan fingerprint density at radius 1 is 1.15 bits per heavy atom. The molecule has 0 radical (unpaired) electrons. The third kappa shape index (κ3) is 2.03. The van der Waals surface area contributed by atoms with Crippen molar-refractivity contribution >= 4 is 0 Å². The minimum Gasteiger partial charge on any atom is -0.376 e. The van der Waals surface area contributed by atoms with Crippen LogP contribution in [-0.4, -0.2) is 39.1 Å². The van der Waals surface area contributed by atoms with E-state index in [1.165, 1.54) is 5.06 Å². The number of aliphatic hydroxyl groups is 3. The van der Waals surface area contributed by atoms with Gasteiger partial charge in [-0.1, -0.05) is 20.8 Å². The molecular formula is C15H27NO4. The molecule has 2 aliphatic carbocycles. The normalized spacial score (nSPS) is 45.9. The van der Waals surface area contributed by atoms with Gasteiger partial charge in [0.15, 0.2) is 6.29 Å². The van der Waals surface area contributed by atoms with E-state index in [-0.39, 0.29) is 11.8 Å². The van der Waals surface area contributed by atoms with Gasteiger partial charge >= 0.3 is 0 Å². The summed E-state index contributed by atoms with van der Waals surface area (Å²) in [4.78, 5) is 5.54. The Morgan fingerprint density at radius 3 is 2.10 bits per heavy atom. The highest BCUT2D eigenvalue weighted by molar-refractivity contribution is 5.04. The molecule has 3 aliphatic rings. The summed E-state index contributed by atoms with van der Waals surface area (Å²) >= 11 is 0. The van der Waals surface area contributed by atoms with Gasteiger partial charge in [-0.25, -0.2) is 0 Å². The van der Waals surface area contributed by atoms with Crippen molar-refractivity contribution in [3.05, 3.63) is 0 Å². The van der Waals surface area contributed by atoms with Crippen LogP contribution in [0.25, 0.3) is 0 Å². The average molecular weight is 285 g/mol. The molecule has 3 fully saturated rings. The number of hydrogen-bond donors (Lipinski definition) is 3. The van der Waals surface area contributed by atoms with Gasteiger partial charge in [-0.3, -0.25) is 4.84 Å². The van der Waals surface area contributed by atoms with Crippen LogP contribution < -0.4 is 0 Å². The van der Waals surface area contributed by atoms with E-state index in [0.717, 1.165) is 25.7 Å². The standard InChI is InChI=1S/C15H27NO4/c1-4-15(2,3)14(19)20-16-12(17)10-8-5-6-9(7-8)11(10)13(16)18/h8-14,17-19H,4-7H2,1-3H3. The lowest BCUT2D eigenvalue weighted by Gasteiger charge is -2.35. The summed E-state index contributed by atoms with van der Waals surface area (Å²) in [6.07, 6.45) is 1.56. The number of rotatable bonds is 4. The molecule has 0 aromatic rings. The number of nitrogens with zero attached hydrogens (tertiary/aromatic N) is 1. The third-order valence-electron chi connectivity index (χ3n) is 6.06. The van der Waals surface area contributed by atoms with Crippen LogP contribution in [0.2, 0.25) is 0 Å². The molecule has 3 N–H and O–H groups in total. The zero-order valence-electron chi connectivity index (χ0n) is 12.6. The molecule has 0 aromatic heterocycles. The van der Waals surface area contributed by atoms with Crippen LogP contribution in [0, 0.1) is 29.1 Å². The van der Waals surface area contributed by atoms with Gasteiger partial charge in [-0.2, -0.15) is 0 Å². The minimum absolute atomic E-state index is 0.0979. The molecule has 5 nitrogen and oxygen atoms in total. The van der Waals surface area contributed by atoms with Crippen molar-refractivity contribution in [3.8, 4) is 0 Å². The lowest BCUT2D eigenvalue weighted by Crippen LogP contribution is -2.45. The number of hydrogen-bond acceptors (Lipinski definition) is 5. The molecule has 116 valence electrons. The Labute approximate surface area is 120 Å². The molecule has 0 aromatic carbocycles. The predicted octanol–water partition coefficient (Wildman–Crippen LogP) is 1.29. The molecule has 7 unspecified atom stereocenters. The van der Waals surface area contributed by atoms with Crippen molar-refractivity contribution in [2.45, 2.75) is 65.2 Å². The molecule has 2 bridgehead atoms. The van der Waals surface area contributed by atoms with E-state index in [2.05, 4.69) is 0 Å². The fourth-order valence-corrected chi connectivity index (χ4v) is 4.32. The Morgan fingerprint density at radius 2 is 1.65 bits per heavy atom. The maximum Gasteiger partial charge on any atom is 0.180 e. The van der Waals surface area contributed by atoms with Crippen LogP contribution in [0.15, 0.2) is 0 Å². The van der Waals surface area contributed by atoms with E-state index in [1.54, 1.807) is 0 Å². The van der Waals surface area contributed by atoms with E-state index in [9.17, 15) is 15.3 Å². The molecular weight excluding hydrogens is 258 g/mol. The Balaban J connectivity index is 1.72. The average Bonchev–Trinajstić information content (AvgIpc) is 3.08. The molecule has 0 spiro atoms. The molecule has 20 heavy (non-hydrogen) atoms. The Kier molecular flexibility index (Phi) is 3.62. The molecule has 5 heteroatoms. The first-order valence-corrected chi connectivity index (χ1v) is 7.86. The van der Waals surface area contributed by atoms with Crippen molar-refractivity contribution in [2.24, 2.45) is 29.1 Å². The highest BCUT2D eigenvalue weighted by atomic mass is 16.8. The second-order valence-electron chi connectivity index (χ2n) is 7.47. The summed E-state index contributed by atoms with van der Waals surface area (Å²) in [5.74, 6) is 1.19. The van der Waals surface area contributed by atoms with Gasteiger partial charge in [0.05, 0.1) is 0 Å². The first kappa shape index (κ1) is 14.7. The fourth-order valence-electron chi connectivity index (χ4n) is 4.32. The van der Waals surface area contributed by atoms with Gasteiger partial charge in [0.25, 0.3) is 0 Å². The van der Waals surface area contributed by atoms with Gasteiger partial charge in [-0.15, -0.1) is 5.06 Å². The minimum atomic E-state index is -1.02. The second-order valence-corrected chi connectivity index (χ2v) is 7.47. The van der Waals surface area contributed by atoms with Crippen LogP contribution in [0.5, 0.6) is 0 Å². The van der Waals surface area contributed by atoms with Crippen LogP contribution in [0.1, 0.15) is 46.5 Å². The highest BCUT2D eigenvalue weighted by Crippen LogP contribution is 2.58.